The zero-order valence-corrected chi connectivity index (χ0v) is 22.7. The molecule has 2 aliphatic heterocycles. The molecule has 0 amide bonds. The predicted molar refractivity (Wildman–Crippen MR) is 150 cm³/mol. The van der Waals surface area contributed by atoms with Crippen LogP contribution in [0.3, 0.4) is 0 Å². The van der Waals surface area contributed by atoms with Gasteiger partial charge in [-0.2, -0.15) is 0 Å². The third-order valence-electron chi connectivity index (χ3n) is 7.33. The van der Waals surface area contributed by atoms with E-state index in [4.69, 9.17) is 55.9 Å². The monoisotopic (exact) mass is 612 g/mol. The van der Waals surface area contributed by atoms with Crippen LogP contribution in [0.15, 0.2) is 54.6 Å². The van der Waals surface area contributed by atoms with Gasteiger partial charge in [-0.15, -0.1) is 0 Å². The quantitative estimate of drug-likeness (QED) is 0.163. The van der Waals surface area contributed by atoms with Crippen molar-refractivity contribution in [3.8, 4) is 23.0 Å². The lowest BCUT2D eigenvalue weighted by atomic mass is 9.73. The van der Waals surface area contributed by atoms with Crippen molar-refractivity contribution in [2.75, 3.05) is 0 Å². The van der Waals surface area contributed by atoms with Gasteiger partial charge >= 0.3 is 11.9 Å². The third kappa shape index (κ3) is 2.92. The number of rotatable bonds is 1. The fourth-order valence-electron chi connectivity index (χ4n) is 5.75. The Hall–Kier alpha value is -3.88. The highest BCUT2D eigenvalue weighted by Gasteiger charge is 2.59. The van der Waals surface area contributed by atoms with E-state index in [0.29, 0.717) is 21.5 Å². The highest BCUT2D eigenvalue weighted by molar-refractivity contribution is 6.40. The molecule has 0 aliphatic carbocycles. The molecule has 3 N–H and O–H groups in total. The molecule has 2 heterocycles. The first-order chi connectivity index (χ1) is 19.1. The minimum atomic E-state index is -2.02. The Morgan fingerprint density at radius 3 is 1.68 bits per heavy atom. The van der Waals surface area contributed by atoms with Crippen LogP contribution in [-0.2, 0) is 10.3 Å². The Labute approximate surface area is 244 Å². The van der Waals surface area contributed by atoms with Gasteiger partial charge in [-0.1, -0.05) is 94.9 Å². The molecule has 11 heteroatoms. The number of phenolic OH excluding ortho intramolecular Hbond substituents is 2. The third-order valence-corrected chi connectivity index (χ3v) is 8.72. The summed E-state index contributed by atoms with van der Waals surface area (Å²) in [5, 5.41) is 32.4. The highest BCUT2D eigenvalue weighted by Crippen LogP contribution is 2.66. The molecule has 198 valence electrons. The van der Waals surface area contributed by atoms with Crippen LogP contribution >= 0.6 is 46.4 Å². The SMILES string of the molecule is O=C(O)c1cc(Cl)c2c(c1Cl)C1(OC2=O)c2c(c(Cl)c(O)c3ccccc23)Oc2c(Cl)c(O)c3ccccc3c21. The molecule has 0 atom stereocenters. The van der Waals surface area contributed by atoms with Crippen molar-refractivity contribution in [3.63, 3.8) is 0 Å². The number of phenols is 2. The average molecular weight is 614 g/mol. The minimum absolute atomic E-state index is 0.0614. The minimum Gasteiger partial charge on any atom is -0.506 e. The normalized spacial score (nSPS) is 14.6. The van der Waals surface area contributed by atoms with Crippen LogP contribution in [0, 0.1) is 0 Å². The molecular formula is C29H12Cl4O7. The number of halogens is 4. The van der Waals surface area contributed by atoms with Gasteiger partial charge in [0, 0.05) is 16.3 Å². The molecule has 1 spiro atoms. The summed E-state index contributed by atoms with van der Waals surface area (Å²) in [6, 6.07) is 14.4. The van der Waals surface area contributed by atoms with E-state index < -0.39 is 17.5 Å². The number of carbonyl (C=O) groups excluding carboxylic acids is 1. The summed E-state index contributed by atoms with van der Waals surface area (Å²) in [7, 11) is 0. The van der Waals surface area contributed by atoms with Crippen LogP contribution < -0.4 is 4.74 Å². The predicted octanol–water partition coefficient (Wildman–Crippen LogP) is 8.28. The van der Waals surface area contributed by atoms with E-state index in [1.54, 1.807) is 48.5 Å². The smallest absolute Gasteiger partial charge is 0.341 e. The molecule has 5 aromatic rings. The molecule has 0 aromatic heterocycles. The molecule has 7 nitrogen and oxygen atoms in total. The van der Waals surface area contributed by atoms with Crippen molar-refractivity contribution in [3.05, 3.63) is 103 Å². The van der Waals surface area contributed by atoms with Gasteiger partial charge < -0.3 is 24.8 Å². The zero-order chi connectivity index (χ0) is 28.2. The largest absolute Gasteiger partial charge is 0.506 e. The van der Waals surface area contributed by atoms with Crippen molar-refractivity contribution >= 4 is 79.9 Å². The molecule has 0 saturated heterocycles. The number of aromatic carboxylic acids is 1. The molecule has 40 heavy (non-hydrogen) atoms. The maximum absolute atomic E-state index is 13.7. The van der Waals surface area contributed by atoms with E-state index in [1.165, 1.54) is 0 Å². The van der Waals surface area contributed by atoms with Crippen molar-refractivity contribution in [2.45, 2.75) is 5.60 Å². The number of carboxylic acids is 1. The second kappa shape index (κ2) is 8.32. The summed E-state index contributed by atoms with van der Waals surface area (Å²) in [5.41, 5.74) is -2.28. The van der Waals surface area contributed by atoms with Crippen LogP contribution in [0.25, 0.3) is 21.5 Å². The first-order valence-electron chi connectivity index (χ1n) is 11.6. The molecule has 0 fully saturated rings. The number of aromatic hydroxyl groups is 2. The Morgan fingerprint density at radius 1 is 0.725 bits per heavy atom. The highest BCUT2D eigenvalue weighted by atomic mass is 35.5. The first kappa shape index (κ1) is 25.1. The van der Waals surface area contributed by atoms with Gasteiger partial charge in [0.15, 0.2) is 17.1 Å². The molecule has 2 aliphatic rings. The summed E-state index contributed by atoms with van der Waals surface area (Å²) in [4.78, 5) is 25.9. The lowest BCUT2D eigenvalue weighted by Crippen LogP contribution is -2.34. The van der Waals surface area contributed by atoms with Gasteiger partial charge in [-0.05, 0) is 16.8 Å². The van der Waals surface area contributed by atoms with E-state index in [1.807, 2.05) is 0 Å². The van der Waals surface area contributed by atoms with E-state index in [0.717, 1.165) is 6.07 Å². The standard InChI is InChI=1S/C29H12Cl4O7/c30-15-9-14(27(36)37)20(31)19-16(15)28(38)40-29(19)17-10-5-1-3-7-12(10)23(34)21(32)25(17)39-26-18(29)11-6-2-4-8-13(11)24(35)22(26)33/h1-9,34-35H,(H,36,37). The number of ether oxygens (including phenoxy) is 2. The first-order valence-corrected chi connectivity index (χ1v) is 13.1. The van der Waals surface area contributed by atoms with Gasteiger partial charge in [-0.3, -0.25) is 0 Å². The molecule has 0 radical (unpaired) electrons. The second-order valence-corrected chi connectivity index (χ2v) is 10.8. The number of fused-ring (bicyclic) bond motifs is 10. The average Bonchev–Trinajstić information content (AvgIpc) is 3.25. The Bertz CT molecular complexity index is 1940. The Kier molecular flexibility index (Phi) is 5.22. The molecule has 0 bridgehead atoms. The van der Waals surface area contributed by atoms with E-state index in [2.05, 4.69) is 0 Å². The number of hydrogen-bond acceptors (Lipinski definition) is 6. The molecule has 0 unspecified atom stereocenters. The topological polar surface area (TPSA) is 113 Å². The van der Waals surface area contributed by atoms with Crippen molar-refractivity contribution in [1.29, 1.82) is 0 Å². The van der Waals surface area contributed by atoms with Gasteiger partial charge in [0.1, 0.15) is 21.5 Å². The van der Waals surface area contributed by atoms with Crippen molar-refractivity contribution in [2.24, 2.45) is 0 Å². The van der Waals surface area contributed by atoms with Crippen LogP contribution in [0.5, 0.6) is 23.0 Å². The fraction of sp³-hybridized carbons (Fsp3) is 0.0345. The number of carbonyl (C=O) groups is 2. The summed E-state index contributed by atoms with van der Waals surface area (Å²) in [5.74, 6) is -3.17. The maximum atomic E-state index is 13.7. The number of benzene rings is 5. The number of hydrogen-bond donors (Lipinski definition) is 3. The van der Waals surface area contributed by atoms with E-state index in [-0.39, 0.29) is 70.9 Å². The van der Waals surface area contributed by atoms with Crippen LogP contribution in [0.4, 0.5) is 0 Å². The molecule has 7 rings (SSSR count). The number of esters is 1. The van der Waals surface area contributed by atoms with Gasteiger partial charge in [-0.25, -0.2) is 9.59 Å². The maximum Gasteiger partial charge on any atom is 0.341 e. The number of carboxylic acid groups (broad SMARTS) is 1. The fourth-order valence-corrected chi connectivity index (χ4v) is 6.87. The lowest BCUT2D eigenvalue weighted by Gasteiger charge is -2.39. The van der Waals surface area contributed by atoms with Crippen molar-refractivity contribution < 1.29 is 34.4 Å². The molecule has 5 aromatic carbocycles. The van der Waals surface area contributed by atoms with Crippen LogP contribution in [-0.4, -0.2) is 27.3 Å². The summed E-state index contributed by atoms with van der Waals surface area (Å²) in [6.07, 6.45) is 0. The second-order valence-electron chi connectivity index (χ2n) is 9.27. The van der Waals surface area contributed by atoms with Gasteiger partial charge in [0.05, 0.1) is 32.3 Å². The Balaban J connectivity index is 1.82. The van der Waals surface area contributed by atoms with E-state index in [9.17, 15) is 24.9 Å². The zero-order valence-electron chi connectivity index (χ0n) is 19.7. The Morgan fingerprint density at radius 2 is 1.20 bits per heavy atom. The van der Waals surface area contributed by atoms with E-state index >= 15 is 0 Å². The van der Waals surface area contributed by atoms with Crippen LogP contribution in [0.2, 0.25) is 20.1 Å². The van der Waals surface area contributed by atoms with Gasteiger partial charge in [0.25, 0.3) is 0 Å². The summed E-state index contributed by atoms with van der Waals surface area (Å²) >= 11 is 26.7. The lowest BCUT2D eigenvalue weighted by molar-refractivity contribution is 0.0234. The summed E-state index contributed by atoms with van der Waals surface area (Å²) in [6.45, 7) is 0. The van der Waals surface area contributed by atoms with Crippen LogP contribution in [0.1, 0.15) is 37.4 Å². The summed E-state index contributed by atoms with van der Waals surface area (Å²) < 4.78 is 12.5. The van der Waals surface area contributed by atoms with Gasteiger partial charge in [0.2, 0.25) is 0 Å². The van der Waals surface area contributed by atoms with Crippen molar-refractivity contribution in [1.82, 2.24) is 0 Å². The molecular weight excluding hydrogens is 602 g/mol. The molecule has 0 saturated carbocycles.